The number of nitrogens with zero attached hydrogens (tertiary/aromatic N) is 3. The first-order chi connectivity index (χ1) is 10.6. The summed E-state index contributed by atoms with van der Waals surface area (Å²) >= 11 is 0. The van der Waals surface area contributed by atoms with Gasteiger partial charge in [-0.05, 0) is 25.0 Å². The highest BCUT2D eigenvalue weighted by molar-refractivity contribution is 5.69. The van der Waals surface area contributed by atoms with Crippen LogP contribution in [-0.4, -0.2) is 53.3 Å². The number of aromatic nitrogens is 1. The van der Waals surface area contributed by atoms with Crippen LogP contribution in [0.4, 0.5) is 11.5 Å². The van der Waals surface area contributed by atoms with E-state index >= 15 is 0 Å². The molecule has 1 fully saturated rings. The molecule has 0 radical (unpaired) electrons. The van der Waals surface area contributed by atoms with E-state index in [1.54, 1.807) is 11.1 Å². The Labute approximate surface area is 129 Å². The number of hydrogen-bond donors (Lipinski definition) is 2. The lowest BCUT2D eigenvalue weighted by Gasteiger charge is -2.24. The van der Waals surface area contributed by atoms with E-state index in [1.807, 2.05) is 12.1 Å². The fourth-order valence-corrected chi connectivity index (χ4v) is 2.53. The average Bonchev–Trinajstić information content (AvgIpc) is 3.01. The number of hydrogen-bond acceptors (Lipinski definition) is 5. The Morgan fingerprint density at radius 1 is 1.09 bits per heavy atom. The molecule has 120 valence electrons. The fourth-order valence-electron chi connectivity index (χ4n) is 2.53. The Morgan fingerprint density at radius 2 is 1.68 bits per heavy atom. The third-order valence-corrected chi connectivity index (χ3v) is 3.72. The summed E-state index contributed by atoms with van der Waals surface area (Å²) in [7, 11) is 0. The third kappa shape index (κ3) is 4.61. The SMILES string of the molecule is O=C(O)CCN(CCC(=O)O)c1ccc(N2CCCC2)nc1. The maximum atomic E-state index is 10.7. The van der Waals surface area contributed by atoms with E-state index < -0.39 is 11.9 Å². The van der Waals surface area contributed by atoms with Crippen LogP contribution >= 0.6 is 0 Å². The minimum atomic E-state index is -0.901. The molecule has 1 aromatic heterocycles. The number of aliphatic carboxylic acids is 2. The van der Waals surface area contributed by atoms with Crippen molar-refractivity contribution in [3.8, 4) is 0 Å². The molecule has 2 N–H and O–H groups in total. The van der Waals surface area contributed by atoms with E-state index in [2.05, 4.69) is 9.88 Å². The van der Waals surface area contributed by atoms with Crippen LogP contribution in [0, 0.1) is 0 Å². The Kier molecular flexibility index (Phi) is 5.57. The van der Waals surface area contributed by atoms with Gasteiger partial charge in [-0.3, -0.25) is 9.59 Å². The molecule has 22 heavy (non-hydrogen) atoms. The molecule has 0 amide bonds. The molecule has 0 saturated carbocycles. The Morgan fingerprint density at radius 3 is 2.14 bits per heavy atom. The van der Waals surface area contributed by atoms with E-state index in [4.69, 9.17) is 10.2 Å². The molecule has 0 aromatic carbocycles. The number of anilines is 2. The van der Waals surface area contributed by atoms with Crippen molar-refractivity contribution >= 4 is 23.4 Å². The second-order valence-corrected chi connectivity index (χ2v) is 5.34. The number of carbonyl (C=O) groups is 2. The standard InChI is InChI=1S/C15H21N3O4/c19-14(20)5-9-17(10-6-15(21)22)12-3-4-13(16-11-12)18-7-1-2-8-18/h3-4,11H,1-2,5-10H2,(H,19,20)(H,21,22). The second kappa shape index (κ2) is 7.63. The quantitative estimate of drug-likeness (QED) is 0.750. The monoisotopic (exact) mass is 307 g/mol. The van der Waals surface area contributed by atoms with Crippen molar-refractivity contribution < 1.29 is 19.8 Å². The molecule has 1 aliphatic heterocycles. The summed E-state index contributed by atoms with van der Waals surface area (Å²) in [6.45, 7) is 2.56. The molecule has 0 spiro atoms. The van der Waals surface area contributed by atoms with Crippen molar-refractivity contribution in [2.75, 3.05) is 36.0 Å². The van der Waals surface area contributed by atoms with Crippen LogP contribution in [0.5, 0.6) is 0 Å². The van der Waals surface area contributed by atoms with Gasteiger partial charge in [-0.1, -0.05) is 0 Å². The molecule has 0 atom stereocenters. The fraction of sp³-hybridized carbons (Fsp3) is 0.533. The molecular weight excluding hydrogens is 286 g/mol. The summed E-state index contributed by atoms with van der Waals surface area (Å²) in [4.78, 5) is 29.9. The smallest absolute Gasteiger partial charge is 0.305 e. The van der Waals surface area contributed by atoms with E-state index in [1.165, 1.54) is 12.8 Å². The lowest BCUT2D eigenvalue weighted by atomic mass is 10.2. The van der Waals surface area contributed by atoms with E-state index in [0.717, 1.165) is 24.6 Å². The highest BCUT2D eigenvalue weighted by Crippen LogP contribution is 2.21. The van der Waals surface area contributed by atoms with Gasteiger partial charge in [-0.2, -0.15) is 0 Å². The van der Waals surface area contributed by atoms with E-state index in [9.17, 15) is 9.59 Å². The van der Waals surface area contributed by atoms with Crippen LogP contribution in [-0.2, 0) is 9.59 Å². The maximum Gasteiger partial charge on any atom is 0.305 e. The summed E-state index contributed by atoms with van der Waals surface area (Å²) in [5, 5.41) is 17.6. The Bertz CT molecular complexity index is 494. The van der Waals surface area contributed by atoms with E-state index in [-0.39, 0.29) is 25.9 Å². The van der Waals surface area contributed by atoms with Crippen molar-refractivity contribution in [3.63, 3.8) is 0 Å². The zero-order valence-electron chi connectivity index (χ0n) is 12.4. The van der Waals surface area contributed by atoms with Gasteiger partial charge >= 0.3 is 11.9 Å². The Balaban J connectivity index is 2.04. The zero-order chi connectivity index (χ0) is 15.9. The van der Waals surface area contributed by atoms with Crippen molar-refractivity contribution in [1.29, 1.82) is 0 Å². The van der Waals surface area contributed by atoms with Gasteiger partial charge in [0.05, 0.1) is 24.7 Å². The molecule has 0 unspecified atom stereocenters. The number of rotatable bonds is 8. The van der Waals surface area contributed by atoms with Crippen LogP contribution in [0.15, 0.2) is 18.3 Å². The summed E-state index contributed by atoms with van der Waals surface area (Å²) in [6, 6.07) is 3.79. The maximum absolute atomic E-state index is 10.7. The van der Waals surface area contributed by atoms with Crippen LogP contribution < -0.4 is 9.80 Å². The Hall–Kier alpha value is -2.31. The lowest BCUT2D eigenvalue weighted by Crippen LogP contribution is -2.29. The number of pyridine rings is 1. The van der Waals surface area contributed by atoms with Gasteiger partial charge in [-0.25, -0.2) is 4.98 Å². The minimum Gasteiger partial charge on any atom is -0.481 e. The molecule has 2 heterocycles. The van der Waals surface area contributed by atoms with Crippen LogP contribution in [0.25, 0.3) is 0 Å². The predicted octanol–water partition coefficient (Wildman–Crippen LogP) is 1.44. The first-order valence-corrected chi connectivity index (χ1v) is 7.46. The molecule has 7 heteroatoms. The first kappa shape index (κ1) is 16.1. The molecule has 0 bridgehead atoms. The molecule has 0 aliphatic carbocycles. The molecule has 7 nitrogen and oxygen atoms in total. The molecule has 2 rings (SSSR count). The van der Waals surface area contributed by atoms with Gasteiger partial charge in [0.15, 0.2) is 0 Å². The summed E-state index contributed by atoms with van der Waals surface area (Å²) in [5.74, 6) is -0.887. The second-order valence-electron chi connectivity index (χ2n) is 5.34. The van der Waals surface area contributed by atoms with E-state index in [0.29, 0.717) is 0 Å². The summed E-state index contributed by atoms with van der Waals surface area (Å²) in [6.07, 6.45) is 3.97. The van der Waals surface area contributed by atoms with Crippen molar-refractivity contribution in [2.45, 2.75) is 25.7 Å². The van der Waals surface area contributed by atoms with Crippen LogP contribution in [0.3, 0.4) is 0 Å². The molecule has 1 aromatic rings. The topological polar surface area (TPSA) is 94.0 Å². The molecule has 1 saturated heterocycles. The normalized spacial score (nSPS) is 14.1. The third-order valence-electron chi connectivity index (χ3n) is 3.72. The summed E-state index contributed by atoms with van der Waals surface area (Å²) in [5.41, 5.74) is 0.755. The van der Waals surface area contributed by atoms with Gasteiger partial charge in [-0.15, -0.1) is 0 Å². The number of carboxylic acids is 2. The highest BCUT2D eigenvalue weighted by Gasteiger charge is 2.15. The average molecular weight is 307 g/mol. The van der Waals surface area contributed by atoms with Crippen molar-refractivity contribution in [1.82, 2.24) is 4.98 Å². The highest BCUT2D eigenvalue weighted by atomic mass is 16.4. The van der Waals surface area contributed by atoms with Crippen molar-refractivity contribution in [2.24, 2.45) is 0 Å². The van der Waals surface area contributed by atoms with Crippen LogP contribution in [0.2, 0.25) is 0 Å². The zero-order valence-corrected chi connectivity index (χ0v) is 12.4. The molecular formula is C15H21N3O4. The van der Waals surface area contributed by atoms with Gasteiger partial charge in [0.1, 0.15) is 5.82 Å². The van der Waals surface area contributed by atoms with Gasteiger partial charge in [0.2, 0.25) is 0 Å². The van der Waals surface area contributed by atoms with Gasteiger partial charge in [0.25, 0.3) is 0 Å². The largest absolute Gasteiger partial charge is 0.481 e. The lowest BCUT2D eigenvalue weighted by molar-refractivity contribution is -0.137. The van der Waals surface area contributed by atoms with Crippen molar-refractivity contribution in [3.05, 3.63) is 18.3 Å². The van der Waals surface area contributed by atoms with Gasteiger partial charge < -0.3 is 20.0 Å². The first-order valence-electron chi connectivity index (χ1n) is 7.46. The minimum absolute atomic E-state index is 0.0342. The summed E-state index contributed by atoms with van der Waals surface area (Å²) < 4.78 is 0. The molecule has 1 aliphatic rings. The van der Waals surface area contributed by atoms with Gasteiger partial charge in [0, 0.05) is 26.2 Å². The number of carboxylic acid groups (broad SMARTS) is 2. The van der Waals surface area contributed by atoms with Crippen LogP contribution in [0.1, 0.15) is 25.7 Å². The predicted molar refractivity (Wildman–Crippen MR) is 82.4 cm³/mol.